The summed E-state index contributed by atoms with van der Waals surface area (Å²) in [4.78, 5) is 23.3. The Bertz CT molecular complexity index is 1180. The molecule has 3 rings (SSSR count). The van der Waals surface area contributed by atoms with Crippen LogP contribution >= 0.6 is 11.6 Å². The maximum Gasteiger partial charge on any atom is 0.412 e. The van der Waals surface area contributed by atoms with E-state index >= 15 is 0 Å². The van der Waals surface area contributed by atoms with E-state index in [1.807, 2.05) is 0 Å². The molecule has 1 amide bonds. The van der Waals surface area contributed by atoms with Gasteiger partial charge in [0.2, 0.25) is 6.10 Å². The number of carboxylic acid groups (broad SMARTS) is 1. The summed E-state index contributed by atoms with van der Waals surface area (Å²) >= 11 is 5.74. The van der Waals surface area contributed by atoms with Gasteiger partial charge in [-0.25, -0.2) is 22.4 Å². The second-order valence-corrected chi connectivity index (χ2v) is 10.1. The van der Waals surface area contributed by atoms with Crippen molar-refractivity contribution >= 4 is 45.1 Å². The molecule has 0 saturated carbocycles. The first kappa shape index (κ1) is 23.6. The molecule has 0 bridgehead atoms. The number of hydrogen-bond acceptors (Lipinski definition) is 6. The number of fused-ring (bicyclic) bond motifs is 1. The number of halogens is 2. The fourth-order valence-corrected chi connectivity index (χ4v) is 4.61. The molecule has 0 fully saturated rings. The number of nitrogens with one attached hydrogen (secondary N) is 1. The van der Waals surface area contributed by atoms with Crippen molar-refractivity contribution in [2.24, 2.45) is 0 Å². The van der Waals surface area contributed by atoms with Crippen LogP contribution in [0.25, 0.3) is 0 Å². The van der Waals surface area contributed by atoms with E-state index in [1.54, 1.807) is 20.8 Å². The van der Waals surface area contributed by atoms with Crippen LogP contribution in [0.2, 0.25) is 5.02 Å². The third-order valence-electron chi connectivity index (χ3n) is 4.23. The van der Waals surface area contributed by atoms with Crippen molar-refractivity contribution in [3.8, 4) is 5.75 Å². The Morgan fingerprint density at radius 3 is 2.53 bits per heavy atom. The first-order valence-corrected chi connectivity index (χ1v) is 11.1. The van der Waals surface area contributed by atoms with Gasteiger partial charge in [-0.2, -0.15) is 0 Å². The van der Waals surface area contributed by atoms with Gasteiger partial charge < -0.3 is 14.6 Å². The average Bonchev–Trinajstić information content (AvgIpc) is 2.67. The van der Waals surface area contributed by atoms with Crippen LogP contribution in [0, 0.1) is 5.82 Å². The molecule has 2 N–H and O–H groups in total. The number of nitrogens with zero attached hydrogens (tertiary/aromatic N) is 1. The highest BCUT2D eigenvalue weighted by Crippen LogP contribution is 2.39. The van der Waals surface area contributed by atoms with E-state index in [0.717, 1.165) is 22.5 Å². The van der Waals surface area contributed by atoms with Crippen LogP contribution in [0.4, 0.5) is 20.6 Å². The van der Waals surface area contributed by atoms with E-state index in [2.05, 4.69) is 5.32 Å². The molecule has 2 aromatic carbocycles. The van der Waals surface area contributed by atoms with Crippen molar-refractivity contribution < 1.29 is 37.0 Å². The topological polar surface area (TPSA) is 122 Å². The molecule has 172 valence electrons. The van der Waals surface area contributed by atoms with E-state index in [-0.39, 0.29) is 22.0 Å². The standard InChI is InChI=1S/C20H20ClFN2O7S/c1-20(2,3)31-19(27)23-11-4-7-16-15(8-11)24(10-17(30-16)18(25)26)32(28,29)12-5-6-14(22)13(21)9-12/h4-9,17H,10H2,1-3H3,(H,23,27)(H,25,26). The summed E-state index contributed by atoms with van der Waals surface area (Å²) in [5, 5.41) is 11.5. The van der Waals surface area contributed by atoms with Crippen LogP contribution in [0.3, 0.4) is 0 Å². The molecule has 0 radical (unpaired) electrons. The van der Waals surface area contributed by atoms with Crippen LogP contribution in [-0.2, 0) is 19.6 Å². The highest BCUT2D eigenvalue weighted by Gasteiger charge is 2.38. The maximum atomic E-state index is 13.5. The fraction of sp³-hybridized carbons (Fsp3) is 0.300. The summed E-state index contributed by atoms with van der Waals surface area (Å²) in [7, 11) is -4.36. The SMILES string of the molecule is CC(C)(C)OC(=O)Nc1ccc2c(c1)N(S(=O)(=O)c1ccc(F)c(Cl)c1)CC(C(=O)O)O2. The lowest BCUT2D eigenvalue weighted by Crippen LogP contribution is -2.47. The number of rotatable bonds is 4. The van der Waals surface area contributed by atoms with Gasteiger partial charge in [0.25, 0.3) is 10.0 Å². The largest absolute Gasteiger partial charge is 0.478 e. The quantitative estimate of drug-likeness (QED) is 0.672. The van der Waals surface area contributed by atoms with E-state index < -0.39 is 51.2 Å². The first-order chi connectivity index (χ1) is 14.8. The van der Waals surface area contributed by atoms with Gasteiger partial charge in [0.05, 0.1) is 22.2 Å². The molecule has 12 heteroatoms. The number of amides is 1. The second-order valence-electron chi connectivity index (χ2n) is 7.87. The predicted molar refractivity (Wildman–Crippen MR) is 114 cm³/mol. The van der Waals surface area contributed by atoms with Crippen LogP contribution in [-0.4, -0.2) is 43.8 Å². The molecule has 1 aliphatic rings. The average molecular weight is 487 g/mol. The molecule has 0 saturated heterocycles. The lowest BCUT2D eigenvalue weighted by Gasteiger charge is -2.34. The lowest BCUT2D eigenvalue weighted by atomic mass is 10.2. The Kier molecular flexibility index (Phi) is 6.25. The van der Waals surface area contributed by atoms with E-state index in [1.165, 1.54) is 18.2 Å². The Labute approximate surface area is 188 Å². The van der Waals surface area contributed by atoms with Crippen molar-refractivity contribution in [2.75, 3.05) is 16.2 Å². The number of aliphatic carboxylic acids is 1. The minimum atomic E-state index is -4.36. The highest BCUT2D eigenvalue weighted by molar-refractivity contribution is 7.92. The molecule has 2 aromatic rings. The van der Waals surface area contributed by atoms with Crippen molar-refractivity contribution in [2.45, 2.75) is 37.4 Å². The molecule has 0 aliphatic carbocycles. The van der Waals surface area contributed by atoms with E-state index in [4.69, 9.17) is 21.1 Å². The van der Waals surface area contributed by atoms with Crippen LogP contribution in [0.15, 0.2) is 41.3 Å². The van der Waals surface area contributed by atoms with E-state index in [9.17, 15) is 27.5 Å². The van der Waals surface area contributed by atoms with Crippen molar-refractivity contribution in [1.82, 2.24) is 0 Å². The summed E-state index contributed by atoms with van der Waals surface area (Å²) in [6.45, 7) is 4.49. The number of anilines is 2. The van der Waals surface area contributed by atoms with Gasteiger partial charge in [0, 0.05) is 5.69 Å². The molecule has 0 spiro atoms. The number of benzene rings is 2. The third kappa shape index (κ3) is 5.05. The van der Waals surface area contributed by atoms with Gasteiger partial charge in [-0.15, -0.1) is 0 Å². The van der Waals surface area contributed by atoms with Crippen LogP contribution in [0.5, 0.6) is 5.75 Å². The minimum absolute atomic E-state index is 0.0171. The summed E-state index contributed by atoms with van der Waals surface area (Å²) in [6, 6.07) is 6.89. The van der Waals surface area contributed by atoms with Gasteiger partial charge >= 0.3 is 12.1 Å². The summed E-state index contributed by atoms with van der Waals surface area (Å²) in [5.41, 5.74) is -0.586. The second kappa shape index (κ2) is 8.47. The lowest BCUT2D eigenvalue weighted by molar-refractivity contribution is -0.144. The molecule has 0 aromatic heterocycles. The molecule has 1 aliphatic heterocycles. The summed E-state index contributed by atoms with van der Waals surface area (Å²) in [5.74, 6) is -2.21. The summed E-state index contributed by atoms with van der Waals surface area (Å²) in [6.07, 6.45) is -2.25. The molecule has 1 atom stereocenters. The van der Waals surface area contributed by atoms with Crippen LogP contribution in [0.1, 0.15) is 20.8 Å². The minimum Gasteiger partial charge on any atom is -0.478 e. The van der Waals surface area contributed by atoms with Crippen molar-refractivity contribution in [3.05, 3.63) is 47.2 Å². The maximum absolute atomic E-state index is 13.5. The summed E-state index contributed by atoms with van der Waals surface area (Å²) < 4.78 is 51.5. The zero-order valence-corrected chi connectivity index (χ0v) is 18.8. The molecule has 1 heterocycles. The first-order valence-electron chi connectivity index (χ1n) is 9.29. The highest BCUT2D eigenvalue weighted by atomic mass is 35.5. The Morgan fingerprint density at radius 2 is 1.94 bits per heavy atom. The molecular formula is C20H20ClFN2O7S. The third-order valence-corrected chi connectivity index (χ3v) is 6.29. The van der Waals surface area contributed by atoms with Crippen molar-refractivity contribution in [1.29, 1.82) is 0 Å². The molecule has 9 nitrogen and oxygen atoms in total. The van der Waals surface area contributed by atoms with Gasteiger partial charge in [-0.3, -0.25) is 9.62 Å². The van der Waals surface area contributed by atoms with Gasteiger partial charge in [-0.05, 0) is 57.2 Å². The monoisotopic (exact) mass is 486 g/mol. The Balaban J connectivity index is 2.04. The zero-order valence-electron chi connectivity index (χ0n) is 17.3. The smallest absolute Gasteiger partial charge is 0.412 e. The number of sulfonamides is 1. The zero-order chi connectivity index (χ0) is 23.8. The number of hydrogen-bond donors (Lipinski definition) is 2. The van der Waals surface area contributed by atoms with Gasteiger partial charge in [-0.1, -0.05) is 11.6 Å². The predicted octanol–water partition coefficient (Wildman–Crippen LogP) is 3.87. The molecule has 32 heavy (non-hydrogen) atoms. The Morgan fingerprint density at radius 1 is 1.25 bits per heavy atom. The van der Waals surface area contributed by atoms with Crippen molar-refractivity contribution in [3.63, 3.8) is 0 Å². The normalized spacial score (nSPS) is 16.0. The molecule has 1 unspecified atom stereocenters. The number of carbonyl (C=O) groups is 2. The van der Waals surface area contributed by atoms with Gasteiger partial charge in [0.15, 0.2) is 0 Å². The number of carbonyl (C=O) groups excluding carboxylic acids is 1. The number of carboxylic acids is 1. The Hall–Kier alpha value is -3.05. The van der Waals surface area contributed by atoms with Crippen LogP contribution < -0.4 is 14.4 Å². The molecular weight excluding hydrogens is 467 g/mol. The van der Waals surface area contributed by atoms with E-state index in [0.29, 0.717) is 0 Å². The number of ether oxygens (including phenoxy) is 2. The fourth-order valence-electron chi connectivity index (χ4n) is 2.87. The van der Waals surface area contributed by atoms with Gasteiger partial charge in [0.1, 0.15) is 17.2 Å².